The molecule has 16 heavy (non-hydrogen) atoms. The lowest BCUT2D eigenvalue weighted by molar-refractivity contribution is -0.133. The summed E-state index contributed by atoms with van der Waals surface area (Å²) in [5.41, 5.74) is 5.85. The zero-order chi connectivity index (χ0) is 11.5. The van der Waals surface area contributed by atoms with Crippen LogP contribution in [0.25, 0.3) is 0 Å². The molecule has 1 aliphatic rings. The maximum atomic E-state index is 12.0. The minimum absolute atomic E-state index is 0. The van der Waals surface area contributed by atoms with Gasteiger partial charge in [0.05, 0.1) is 6.04 Å². The summed E-state index contributed by atoms with van der Waals surface area (Å²) in [6.07, 6.45) is 1.77. The van der Waals surface area contributed by atoms with Crippen molar-refractivity contribution in [2.45, 2.75) is 44.4 Å². The fourth-order valence-electron chi connectivity index (χ4n) is 1.87. The van der Waals surface area contributed by atoms with Crippen LogP contribution in [0.1, 0.15) is 33.6 Å². The van der Waals surface area contributed by atoms with Gasteiger partial charge in [-0.3, -0.25) is 4.79 Å². The van der Waals surface area contributed by atoms with Crippen molar-refractivity contribution >= 4 is 30.1 Å². The molecule has 1 amide bonds. The van der Waals surface area contributed by atoms with Gasteiger partial charge in [-0.15, -0.1) is 12.4 Å². The van der Waals surface area contributed by atoms with Crippen molar-refractivity contribution in [2.24, 2.45) is 5.73 Å². The van der Waals surface area contributed by atoms with Gasteiger partial charge >= 0.3 is 0 Å². The second-order valence-corrected chi connectivity index (χ2v) is 6.57. The van der Waals surface area contributed by atoms with E-state index < -0.39 is 0 Å². The molecule has 0 spiro atoms. The van der Waals surface area contributed by atoms with E-state index in [2.05, 4.69) is 20.8 Å². The molecule has 0 saturated carbocycles. The van der Waals surface area contributed by atoms with Gasteiger partial charge in [-0.2, -0.15) is 11.8 Å². The molecule has 3 nitrogen and oxygen atoms in total. The van der Waals surface area contributed by atoms with Crippen LogP contribution < -0.4 is 5.73 Å². The summed E-state index contributed by atoms with van der Waals surface area (Å²) in [6.45, 7) is 8.10. The first kappa shape index (κ1) is 16.1. The van der Waals surface area contributed by atoms with E-state index in [9.17, 15) is 4.79 Å². The van der Waals surface area contributed by atoms with Crippen molar-refractivity contribution in [1.82, 2.24) is 4.90 Å². The van der Waals surface area contributed by atoms with E-state index in [4.69, 9.17) is 5.73 Å². The molecular weight excluding hydrogens is 244 g/mol. The molecule has 1 fully saturated rings. The molecule has 1 aliphatic heterocycles. The predicted octanol–water partition coefficient (Wildman–Crippen LogP) is 1.89. The van der Waals surface area contributed by atoms with Gasteiger partial charge in [0.1, 0.15) is 0 Å². The molecule has 0 bridgehead atoms. The van der Waals surface area contributed by atoms with Crippen LogP contribution in [0.5, 0.6) is 0 Å². The summed E-state index contributed by atoms with van der Waals surface area (Å²) in [4.78, 5) is 13.9. The molecule has 5 heteroatoms. The quantitative estimate of drug-likeness (QED) is 0.849. The van der Waals surface area contributed by atoms with Crippen LogP contribution in [0.2, 0.25) is 0 Å². The average molecular weight is 267 g/mol. The van der Waals surface area contributed by atoms with Crippen molar-refractivity contribution in [3.05, 3.63) is 0 Å². The normalized spacial score (nSPS) is 21.1. The Morgan fingerprint density at radius 1 is 1.56 bits per heavy atom. The molecule has 2 N–H and O–H groups in total. The lowest BCUT2D eigenvalue weighted by Crippen LogP contribution is -2.51. The first-order valence-corrected chi connectivity index (χ1v) is 6.63. The minimum atomic E-state index is -0.297. The highest BCUT2D eigenvalue weighted by atomic mass is 35.5. The van der Waals surface area contributed by atoms with Crippen molar-refractivity contribution in [3.8, 4) is 0 Å². The Balaban J connectivity index is 0.00000225. The van der Waals surface area contributed by atoms with Crippen molar-refractivity contribution in [1.29, 1.82) is 0 Å². The van der Waals surface area contributed by atoms with Gasteiger partial charge in [-0.25, -0.2) is 0 Å². The highest BCUT2D eigenvalue weighted by molar-refractivity contribution is 8.00. The van der Waals surface area contributed by atoms with E-state index in [1.54, 1.807) is 0 Å². The van der Waals surface area contributed by atoms with E-state index in [0.29, 0.717) is 0 Å². The summed E-state index contributed by atoms with van der Waals surface area (Å²) in [5.74, 6) is 1.16. The smallest absolute Gasteiger partial charge is 0.239 e. The Bertz CT molecular complexity index is 236. The molecule has 96 valence electrons. The molecular formula is C11H23ClN2OS. The molecule has 1 rings (SSSR count). The van der Waals surface area contributed by atoms with Gasteiger partial charge in [-0.1, -0.05) is 13.3 Å². The summed E-state index contributed by atoms with van der Waals surface area (Å²) < 4.78 is 0.180. The Morgan fingerprint density at radius 2 is 2.19 bits per heavy atom. The second-order valence-electron chi connectivity index (χ2n) is 4.76. The van der Waals surface area contributed by atoms with Gasteiger partial charge < -0.3 is 10.6 Å². The number of amides is 1. The number of carbonyl (C=O) groups is 1. The Morgan fingerprint density at radius 3 is 2.69 bits per heavy atom. The molecule has 0 radical (unpaired) electrons. The van der Waals surface area contributed by atoms with Crippen molar-refractivity contribution < 1.29 is 4.79 Å². The number of hydrogen-bond donors (Lipinski definition) is 1. The minimum Gasteiger partial charge on any atom is -0.339 e. The standard InChI is InChI=1S/C11H22N2OS.ClH/c1-4-5-9(12)10(14)13-6-7-15-11(2,3)8-13;/h9H,4-8,12H2,1-3H3;1H. The van der Waals surface area contributed by atoms with E-state index in [0.717, 1.165) is 31.7 Å². The molecule has 1 heterocycles. The van der Waals surface area contributed by atoms with Crippen LogP contribution in [-0.4, -0.2) is 40.4 Å². The highest BCUT2D eigenvalue weighted by Crippen LogP contribution is 2.29. The number of nitrogens with zero attached hydrogens (tertiary/aromatic N) is 1. The monoisotopic (exact) mass is 266 g/mol. The molecule has 0 aromatic carbocycles. The largest absolute Gasteiger partial charge is 0.339 e. The summed E-state index contributed by atoms with van der Waals surface area (Å²) >= 11 is 1.93. The average Bonchev–Trinajstić information content (AvgIpc) is 2.15. The molecule has 0 aromatic rings. The van der Waals surface area contributed by atoms with Crippen LogP contribution in [0, 0.1) is 0 Å². The Hall–Kier alpha value is 0.0700. The lowest BCUT2D eigenvalue weighted by atomic mass is 10.1. The second kappa shape index (κ2) is 6.72. The molecule has 1 unspecified atom stereocenters. The number of carbonyl (C=O) groups excluding carboxylic acids is 1. The zero-order valence-corrected chi connectivity index (χ0v) is 12.0. The van der Waals surface area contributed by atoms with E-state index in [-0.39, 0.29) is 29.1 Å². The fraction of sp³-hybridized carbons (Fsp3) is 0.909. The lowest BCUT2D eigenvalue weighted by Gasteiger charge is -2.38. The van der Waals surface area contributed by atoms with Gasteiger partial charge in [0.25, 0.3) is 0 Å². The van der Waals surface area contributed by atoms with Crippen LogP contribution in [0.15, 0.2) is 0 Å². The third-order valence-electron chi connectivity index (χ3n) is 2.65. The van der Waals surface area contributed by atoms with Crippen LogP contribution in [-0.2, 0) is 4.79 Å². The number of rotatable bonds is 3. The van der Waals surface area contributed by atoms with Gasteiger partial charge in [0.2, 0.25) is 5.91 Å². The highest BCUT2D eigenvalue weighted by Gasteiger charge is 2.31. The molecule has 0 aromatic heterocycles. The van der Waals surface area contributed by atoms with E-state index in [1.165, 1.54) is 0 Å². The number of hydrogen-bond acceptors (Lipinski definition) is 3. The maximum Gasteiger partial charge on any atom is 0.239 e. The van der Waals surface area contributed by atoms with E-state index >= 15 is 0 Å². The van der Waals surface area contributed by atoms with Gasteiger partial charge in [0, 0.05) is 23.6 Å². The van der Waals surface area contributed by atoms with E-state index in [1.807, 2.05) is 16.7 Å². The Kier molecular flexibility index (Phi) is 6.75. The first-order chi connectivity index (χ1) is 6.96. The topological polar surface area (TPSA) is 46.3 Å². The van der Waals surface area contributed by atoms with Gasteiger partial charge in [-0.05, 0) is 20.3 Å². The third-order valence-corrected chi connectivity index (χ3v) is 3.95. The van der Waals surface area contributed by atoms with Crippen LogP contribution >= 0.6 is 24.2 Å². The van der Waals surface area contributed by atoms with Crippen LogP contribution in [0.3, 0.4) is 0 Å². The number of halogens is 1. The third kappa shape index (κ3) is 4.52. The number of nitrogens with two attached hydrogens (primary N) is 1. The van der Waals surface area contributed by atoms with Crippen LogP contribution in [0.4, 0.5) is 0 Å². The fourth-order valence-corrected chi connectivity index (χ4v) is 2.98. The summed E-state index contributed by atoms with van der Waals surface area (Å²) in [5, 5.41) is 0. The zero-order valence-electron chi connectivity index (χ0n) is 10.4. The first-order valence-electron chi connectivity index (χ1n) is 5.64. The Labute approximate surface area is 109 Å². The van der Waals surface area contributed by atoms with Crippen molar-refractivity contribution in [3.63, 3.8) is 0 Å². The molecule has 1 saturated heterocycles. The van der Waals surface area contributed by atoms with Crippen molar-refractivity contribution in [2.75, 3.05) is 18.8 Å². The molecule has 0 aliphatic carbocycles. The summed E-state index contributed by atoms with van der Waals surface area (Å²) in [6, 6.07) is -0.297. The maximum absolute atomic E-state index is 12.0. The number of thioether (sulfide) groups is 1. The van der Waals surface area contributed by atoms with Gasteiger partial charge in [0.15, 0.2) is 0 Å². The predicted molar refractivity (Wildman–Crippen MR) is 73.2 cm³/mol. The SMILES string of the molecule is CCCC(N)C(=O)N1CCSC(C)(C)C1.Cl. The molecule has 1 atom stereocenters. The summed E-state index contributed by atoms with van der Waals surface area (Å²) in [7, 11) is 0.